The Morgan fingerprint density at radius 3 is 2.24 bits per heavy atom. The van der Waals surface area contributed by atoms with Crippen molar-refractivity contribution in [1.82, 2.24) is 4.31 Å². The first kappa shape index (κ1) is 20.2. The normalized spacial score (nSPS) is 17.8. The first-order valence-electron chi connectivity index (χ1n) is 8.44. The van der Waals surface area contributed by atoms with Crippen molar-refractivity contribution < 1.29 is 21.6 Å². The zero-order valence-corrected chi connectivity index (χ0v) is 16.9. The number of sulfonamides is 1. The number of sulfone groups is 1. The summed E-state index contributed by atoms with van der Waals surface area (Å²) in [5.74, 6) is 0.839. The van der Waals surface area contributed by atoms with Crippen LogP contribution in [0.5, 0.6) is 5.75 Å². The Labute approximate surface area is 151 Å². The van der Waals surface area contributed by atoms with Crippen LogP contribution in [-0.4, -0.2) is 52.3 Å². The molecule has 0 N–H and O–H groups in total. The van der Waals surface area contributed by atoms with Crippen molar-refractivity contribution in [2.45, 2.75) is 43.8 Å². The lowest BCUT2D eigenvalue weighted by Gasteiger charge is -2.31. The van der Waals surface area contributed by atoms with E-state index in [1.165, 1.54) is 11.4 Å². The van der Waals surface area contributed by atoms with Gasteiger partial charge in [-0.2, -0.15) is 4.31 Å². The number of benzene rings is 1. The molecule has 0 unspecified atom stereocenters. The van der Waals surface area contributed by atoms with Crippen LogP contribution in [0.15, 0.2) is 23.1 Å². The van der Waals surface area contributed by atoms with Gasteiger partial charge in [0.25, 0.3) is 0 Å². The lowest BCUT2D eigenvalue weighted by atomic mass is 10.2. The van der Waals surface area contributed by atoms with Crippen LogP contribution in [0.3, 0.4) is 0 Å². The predicted octanol–water partition coefficient (Wildman–Crippen LogP) is 2.23. The molecule has 8 heteroatoms. The van der Waals surface area contributed by atoms with Gasteiger partial charge in [-0.1, -0.05) is 13.8 Å². The van der Waals surface area contributed by atoms with E-state index in [1.807, 2.05) is 13.8 Å². The second-order valence-corrected chi connectivity index (χ2v) is 11.2. The van der Waals surface area contributed by atoms with Gasteiger partial charge in [0.1, 0.15) is 5.75 Å². The zero-order chi connectivity index (χ0) is 18.8. The standard InChI is InChI=1S/C17H27NO5S2/c1-13(2)12-24(19,20)16-7-9-18(10-8-16)25(21,22)17-6-5-15(23-4)11-14(17)3/h5-6,11,13,16H,7-10,12H2,1-4H3. The van der Waals surface area contributed by atoms with Gasteiger partial charge >= 0.3 is 0 Å². The lowest BCUT2D eigenvalue weighted by Crippen LogP contribution is -2.43. The van der Waals surface area contributed by atoms with E-state index < -0.39 is 25.1 Å². The molecule has 1 saturated heterocycles. The predicted molar refractivity (Wildman–Crippen MR) is 98.1 cm³/mol. The molecule has 1 aromatic rings. The Balaban J connectivity index is 2.14. The van der Waals surface area contributed by atoms with Crippen LogP contribution < -0.4 is 4.74 Å². The van der Waals surface area contributed by atoms with Crippen molar-refractivity contribution in [3.8, 4) is 5.75 Å². The number of ether oxygens (including phenoxy) is 1. The molecule has 1 fully saturated rings. The highest BCUT2D eigenvalue weighted by molar-refractivity contribution is 7.92. The smallest absolute Gasteiger partial charge is 0.243 e. The summed E-state index contributed by atoms with van der Waals surface area (Å²) in [5.41, 5.74) is 0.619. The molecule has 0 saturated carbocycles. The Bertz CT molecular complexity index is 807. The van der Waals surface area contributed by atoms with Gasteiger partial charge in [0.15, 0.2) is 9.84 Å². The molecule has 2 rings (SSSR count). The minimum absolute atomic E-state index is 0.0775. The third-order valence-electron chi connectivity index (χ3n) is 4.47. The van der Waals surface area contributed by atoms with Crippen molar-refractivity contribution in [3.63, 3.8) is 0 Å². The molecule has 25 heavy (non-hydrogen) atoms. The highest BCUT2D eigenvalue weighted by Gasteiger charge is 2.35. The van der Waals surface area contributed by atoms with Crippen molar-refractivity contribution in [1.29, 1.82) is 0 Å². The van der Waals surface area contributed by atoms with E-state index in [4.69, 9.17) is 4.74 Å². The maximum atomic E-state index is 12.9. The maximum Gasteiger partial charge on any atom is 0.243 e. The highest BCUT2D eigenvalue weighted by atomic mass is 32.2. The van der Waals surface area contributed by atoms with Crippen LogP contribution in [0.2, 0.25) is 0 Å². The van der Waals surface area contributed by atoms with Crippen LogP contribution in [0.4, 0.5) is 0 Å². The van der Waals surface area contributed by atoms with Crippen molar-refractivity contribution >= 4 is 19.9 Å². The average Bonchev–Trinajstić information content (AvgIpc) is 2.53. The van der Waals surface area contributed by atoms with Gasteiger partial charge in [-0.3, -0.25) is 0 Å². The minimum atomic E-state index is -3.63. The Morgan fingerprint density at radius 2 is 1.76 bits per heavy atom. The second kappa shape index (κ2) is 7.63. The second-order valence-electron chi connectivity index (χ2n) is 6.96. The van der Waals surface area contributed by atoms with Crippen LogP contribution in [0.25, 0.3) is 0 Å². The van der Waals surface area contributed by atoms with E-state index >= 15 is 0 Å². The van der Waals surface area contributed by atoms with Gasteiger partial charge in [-0.05, 0) is 49.4 Å². The fourth-order valence-electron chi connectivity index (χ4n) is 3.21. The molecule has 0 atom stereocenters. The lowest BCUT2D eigenvalue weighted by molar-refractivity contribution is 0.345. The molecular formula is C17H27NO5S2. The fourth-order valence-corrected chi connectivity index (χ4v) is 7.02. The monoisotopic (exact) mass is 389 g/mol. The van der Waals surface area contributed by atoms with Crippen molar-refractivity contribution in [3.05, 3.63) is 23.8 Å². The van der Waals surface area contributed by atoms with Crippen molar-refractivity contribution in [2.24, 2.45) is 5.92 Å². The van der Waals surface area contributed by atoms with Crippen LogP contribution in [-0.2, 0) is 19.9 Å². The molecule has 1 aliphatic rings. The van der Waals surface area contributed by atoms with Gasteiger partial charge in [0, 0.05) is 13.1 Å². The van der Waals surface area contributed by atoms with Gasteiger partial charge in [0.2, 0.25) is 10.0 Å². The minimum Gasteiger partial charge on any atom is -0.497 e. The van der Waals surface area contributed by atoms with E-state index in [0.717, 1.165) is 0 Å². The largest absolute Gasteiger partial charge is 0.497 e. The number of piperidine rings is 1. The quantitative estimate of drug-likeness (QED) is 0.745. The number of methoxy groups -OCH3 is 1. The summed E-state index contributed by atoms with van der Waals surface area (Å²) in [6.07, 6.45) is 0.701. The maximum absolute atomic E-state index is 12.9. The molecule has 0 bridgehead atoms. The SMILES string of the molecule is COc1ccc(S(=O)(=O)N2CCC(S(=O)(=O)CC(C)C)CC2)c(C)c1. The highest BCUT2D eigenvalue weighted by Crippen LogP contribution is 2.28. The van der Waals surface area contributed by atoms with Crippen LogP contribution in [0, 0.1) is 12.8 Å². The molecule has 1 aliphatic heterocycles. The summed E-state index contributed by atoms with van der Waals surface area (Å²) in [4.78, 5) is 0.247. The number of nitrogens with zero attached hydrogens (tertiary/aromatic N) is 1. The summed E-state index contributed by atoms with van der Waals surface area (Å²) in [6, 6.07) is 4.86. The van der Waals surface area contributed by atoms with E-state index in [-0.39, 0.29) is 29.7 Å². The summed E-state index contributed by atoms with van der Waals surface area (Å²) >= 11 is 0. The topological polar surface area (TPSA) is 80.8 Å². The van der Waals surface area contributed by atoms with E-state index in [2.05, 4.69) is 0 Å². The molecule has 0 aromatic heterocycles. The van der Waals surface area contributed by atoms with Crippen LogP contribution >= 0.6 is 0 Å². The van der Waals surface area contributed by atoms with Gasteiger partial charge in [-0.15, -0.1) is 0 Å². The molecule has 0 radical (unpaired) electrons. The van der Waals surface area contributed by atoms with Gasteiger partial charge < -0.3 is 4.74 Å². The summed E-state index contributed by atoms with van der Waals surface area (Å²) < 4.78 is 57.0. The average molecular weight is 390 g/mol. The summed E-state index contributed by atoms with van der Waals surface area (Å²) in [7, 11) is -5.26. The molecule has 0 spiro atoms. The molecule has 0 aliphatic carbocycles. The zero-order valence-electron chi connectivity index (χ0n) is 15.2. The number of hydrogen-bond donors (Lipinski definition) is 0. The first-order chi connectivity index (χ1) is 11.6. The third kappa shape index (κ3) is 4.54. The molecule has 1 aromatic carbocycles. The van der Waals surface area contributed by atoms with E-state index in [0.29, 0.717) is 24.2 Å². The van der Waals surface area contributed by atoms with E-state index in [9.17, 15) is 16.8 Å². The van der Waals surface area contributed by atoms with E-state index in [1.54, 1.807) is 25.1 Å². The summed E-state index contributed by atoms with van der Waals surface area (Å²) in [6.45, 7) is 5.95. The number of aryl methyl sites for hydroxylation is 1. The molecule has 142 valence electrons. The molecule has 6 nitrogen and oxygen atoms in total. The Kier molecular flexibility index (Phi) is 6.17. The summed E-state index contributed by atoms with van der Waals surface area (Å²) in [5, 5.41) is -0.446. The molecule has 1 heterocycles. The van der Waals surface area contributed by atoms with Crippen LogP contribution in [0.1, 0.15) is 32.3 Å². The molecule has 0 amide bonds. The Hall–Kier alpha value is -1.12. The van der Waals surface area contributed by atoms with Crippen molar-refractivity contribution in [2.75, 3.05) is 26.0 Å². The number of rotatable bonds is 6. The Morgan fingerprint density at radius 1 is 1.16 bits per heavy atom. The molecular weight excluding hydrogens is 362 g/mol. The third-order valence-corrected chi connectivity index (χ3v) is 9.15. The fraction of sp³-hybridized carbons (Fsp3) is 0.647. The van der Waals surface area contributed by atoms with Gasteiger partial charge in [0.05, 0.1) is 23.0 Å². The van der Waals surface area contributed by atoms with Gasteiger partial charge in [-0.25, -0.2) is 16.8 Å². The number of hydrogen-bond acceptors (Lipinski definition) is 5. The first-order valence-corrected chi connectivity index (χ1v) is 11.6.